The molecule has 0 aliphatic carbocycles. The van der Waals surface area contributed by atoms with Crippen molar-refractivity contribution in [2.45, 2.75) is 38.6 Å². The van der Waals surface area contributed by atoms with Gasteiger partial charge in [0, 0.05) is 19.1 Å². The monoisotopic (exact) mass is 331 g/mol. The van der Waals surface area contributed by atoms with Crippen LogP contribution in [0, 0.1) is 0 Å². The topological polar surface area (TPSA) is 59.0 Å². The number of benzene rings is 1. The summed E-state index contributed by atoms with van der Waals surface area (Å²) in [6.45, 7) is 3.98. The van der Waals surface area contributed by atoms with Gasteiger partial charge >= 0.3 is 5.97 Å². The standard InChI is InChI=1S/C19H25NO4/c1-4-12-11-20-6-5-13-8-17(23-2)18(24-3)10-15(13)16(20)7-14(12)9-19(21)22/h8,10,16H,4-7,9,11H2,1-3H3,(H,21,22)/t16-/m1/s1. The lowest BCUT2D eigenvalue weighted by Crippen LogP contribution is -2.40. The van der Waals surface area contributed by atoms with Crippen LogP contribution in [0.4, 0.5) is 0 Å². The van der Waals surface area contributed by atoms with Gasteiger partial charge in [-0.05, 0) is 42.5 Å². The van der Waals surface area contributed by atoms with Crippen molar-refractivity contribution in [3.05, 3.63) is 34.4 Å². The highest BCUT2D eigenvalue weighted by atomic mass is 16.5. The Balaban J connectivity index is 1.99. The Morgan fingerprint density at radius 2 is 1.96 bits per heavy atom. The van der Waals surface area contributed by atoms with Gasteiger partial charge in [0.2, 0.25) is 0 Å². The number of nitrogens with zero attached hydrogens (tertiary/aromatic N) is 1. The summed E-state index contributed by atoms with van der Waals surface area (Å²) in [5, 5.41) is 9.24. The predicted octanol–water partition coefficient (Wildman–Crippen LogP) is 3.19. The third kappa shape index (κ3) is 3.00. The van der Waals surface area contributed by atoms with Crippen LogP contribution >= 0.6 is 0 Å². The Hall–Kier alpha value is -2.01. The van der Waals surface area contributed by atoms with Crippen LogP contribution in [0.3, 0.4) is 0 Å². The van der Waals surface area contributed by atoms with Gasteiger partial charge in [0.15, 0.2) is 11.5 Å². The normalized spacial score (nSPS) is 20.4. The molecule has 0 radical (unpaired) electrons. The molecule has 2 aliphatic heterocycles. The Kier molecular flexibility index (Phi) is 4.81. The molecule has 0 fully saturated rings. The molecule has 3 rings (SSSR count). The number of rotatable bonds is 5. The summed E-state index contributed by atoms with van der Waals surface area (Å²) in [5.41, 5.74) is 4.91. The minimum Gasteiger partial charge on any atom is -0.493 e. The highest BCUT2D eigenvalue weighted by Gasteiger charge is 2.34. The van der Waals surface area contributed by atoms with Gasteiger partial charge in [-0.3, -0.25) is 9.69 Å². The quantitative estimate of drug-likeness (QED) is 0.840. The van der Waals surface area contributed by atoms with Crippen molar-refractivity contribution >= 4 is 5.97 Å². The smallest absolute Gasteiger partial charge is 0.307 e. The molecule has 1 aromatic carbocycles. The summed E-state index contributed by atoms with van der Waals surface area (Å²) in [4.78, 5) is 13.7. The number of fused-ring (bicyclic) bond motifs is 3. The Morgan fingerprint density at radius 1 is 1.25 bits per heavy atom. The number of ether oxygens (including phenoxy) is 2. The Labute approximate surface area is 142 Å². The second-order valence-electron chi connectivity index (χ2n) is 6.48. The van der Waals surface area contributed by atoms with Gasteiger partial charge in [0.25, 0.3) is 0 Å². The van der Waals surface area contributed by atoms with Crippen LogP contribution in [-0.4, -0.2) is 43.3 Å². The zero-order valence-corrected chi connectivity index (χ0v) is 14.6. The van der Waals surface area contributed by atoms with E-state index in [4.69, 9.17) is 9.47 Å². The molecular weight excluding hydrogens is 306 g/mol. The van der Waals surface area contributed by atoms with Gasteiger partial charge in [-0.25, -0.2) is 0 Å². The summed E-state index contributed by atoms with van der Waals surface area (Å²) in [5.74, 6) is 0.756. The van der Waals surface area contributed by atoms with Crippen LogP contribution in [-0.2, 0) is 11.2 Å². The van der Waals surface area contributed by atoms with Crippen LogP contribution in [0.1, 0.15) is 43.4 Å². The fourth-order valence-electron chi connectivity index (χ4n) is 3.98. The molecule has 130 valence electrons. The minimum atomic E-state index is -0.743. The lowest BCUT2D eigenvalue weighted by atomic mass is 9.82. The van der Waals surface area contributed by atoms with Gasteiger partial charge in [-0.1, -0.05) is 18.1 Å². The largest absolute Gasteiger partial charge is 0.493 e. The summed E-state index contributed by atoms with van der Waals surface area (Å²) in [7, 11) is 3.30. The molecular formula is C19H25NO4. The Morgan fingerprint density at radius 3 is 2.58 bits per heavy atom. The molecule has 0 saturated carbocycles. The van der Waals surface area contributed by atoms with Gasteiger partial charge in [-0.2, -0.15) is 0 Å². The number of hydrogen-bond acceptors (Lipinski definition) is 4. The molecule has 2 aliphatic rings. The molecule has 1 N–H and O–H groups in total. The maximum Gasteiger partial charge on any atom is 0.307 e. The molecule has 5 heteroatoms. The number of hydrogen-bond donors (Lipinski definition) is 1. The zero-order chi connectivity index (χ0) is 17.3. The molecule has 0 spiro atoms. The first kappa shape index (κ1) is 16.8. The first-order chi connectivity index (χ1) is 11.6. The molecule has 1 atom stereocenters. The first-order valence-electron chi connectivity index (χ1n) is 8.47. The first-order valence-corrected chi connectivity index (χ1v) is 8.47. The molecule has 0 unspecified atom stereocenters. The summed E-state index contributed by atoms with van der Waals surface area (Å²) < 4.78 is 10.9. The second-order valence-corrected chi connectivity index (χ2v) is 6.48. The van der Waals surface area contributed by atoms with Crippen molar-refractivity contribution < 1.29 is 19.4 Å². The fourth-order valence-corrected chi connectivity index (χ4v) is 3.98. The molecule has 0 amide bonds. The van der Waals surface area contributed by atoms with Gasteiger partial charge in [-0.15, -0.1) is 0 Å². The number of carboxylic acid groups (broad SMARTS) is 1. The summed E-state index contributed by atoms with van der Waals surface area (Å²) >= 11 is 0. The molecule has 0 saturated heterocycles. The van der Waals surface area contributed by atoms with E-state index in [1.54, 1.807) is 14.2 Å². The van der Waals surface area contributed by atoms with Crippen molar-refractivity contribution in [3.8, 4) is 11.5 Å². The van der Waals surface area contributed by atoms with E-state index in [1.807, 2.05) is 0 Å². The highest BCUT2D eigenvalue weighted by Crippen LogP contribution is 2.43. The van der Waals surface area contributed by atoms with E-state index in [2.05, 4.69) is 24.0 Å². The third-order valence-corrected chi connectivity index (χ3v) is 5.24. The molecule has 0 bridgehead atoms. The van der Waals surface area contributed by atoms with Crippen LogP contribution < -0.4 is 9.47 Å². The number of carbonyl (C=O) groups is 1. The highest BCUT2D eigenvalue weighted by molar-refractivity contribution is 5.70. The van der Waals surface area contributed by atoms with Gasteiger partial charge in [0.1, 0.15) is 0 Å². The lowest BCUT2D eigenvalue weighted by Gasteiger charge is -2.42. The van der Waals surface area contributed by atoms with Crippen molar-refractivity contribution in [2.24, 2.45) is 0 Å². The van der Waals surface area contributed by atoms with E-state index in [1.165, 1.54) is 16.7 Å². The van der Waals surface area contributed by atoms with E-state index in [0.717, 1.165) is 49.4 Å². The number of methoxy groups -OCH3 is 2. The average molecular weight is 331 g/mol. The zero-order valence-electron chi connectivity index (χ0n) is 14.6. The Bertz CT molecular complexity index is 680. The minimum absolute atomic E-state index is 0.149. The molecule has 5 nitrogen and oxygen atoms in total. The van der Waals surface area contributed by atoms with Gasteiger partial charge in [0.05, 0.1) is 20.6 Å². The average Bonchev–Trinajstić information content (AvgIpc) is 2.59. The maximum absolute atomic E-state index is 11.2. The van der Waals surface area contributed by atoms with Crippen LogP contribution in [0.2, 0.25) is 0 Å². The second kappa shape index (κ2) is 6.85. The van der Waals surface area contributed by atoms with Crippen LogP contribution in [0.5, 0.6) is 11.5 Å². The summed E-state index contributed by atoms with van der Waals surface area (Å²) in [6, 6.07) is 4.38. The van der Waals surface area contributed by atoms with Crippen molar-refractivity contribution in [3.63, 3.8) is 0 Å². The van der Waals surface area contributed by atoms with Crippen molar-refractivity contribution in [1.82, 2.24) is 4.90 Å². The summed E-state index contributed by atoms with van der Waals surface area (Å²) in [6.07, 6.45) is 2.84. The number of aliphatic carboxylic acids is 1. The van der Waals surface area contributed by atoms with E-state index in [9.17, 15) is 9.90 Å². The van der Waals surface area contributed by atoms with E-state index < -0.39 is 5.97 Å². The van der Waals surface area contributed by atoms with Crippen molar-refractivity contribution in [1.29, 1.82) is 0 Å². The van der Waals surface area contributed by atoms with Crippen molar-refractivity contribution in [2.75, 3.05) is 27.3 Å². The van der Waals surface area contributed by atoms with Gasteiger partial charge < -0.3 is 14.6 Å². The van der Waals surface area contributed by atoms with E-state index >= 15 is 0 Å². The molecule has 0 aromatic heterocycles. The van der Waals surface area contributed by atoms with E-state index in [0.29, 0.717) is 0 Å². The molecule has 24 heavy (non-hydrogen) atoms. The van der Waals surface area contributed by atoms with Crippen LogP contribution in [0.15, 0.2) is 23.3 Å². The maximum atomic E-state index is 11.2. The number of carboxylic acids is 1. The lowest BCUT2D eigenvalue weighted by molar-refractivity contribution is -0.136. The SMILES string of the molecule is CCC1=C(CC(=O)O)C[C@@H]2c3cc(OC)c(OC)cc3CCN2C1. The third-order valence-electron chi connectivity index (χ3n) is 5.24. The predicted molar refractivity (Wildman–Crippen MR) is 91.8 cm³/mol. The fraction of sp³-hybridized carbons (Fsp3) is 0.526. The molecule has 1 aromatic rings. The van der Waals surface area contributed by atoms with Crippen LogP contribution in [0.25, 0.3) is 0 Å². The molecule has 2 heterocycles. The van der Waals surface area contributed by atoms with E-state index in [-0.39, 0.29) is 12.5 Å².